The van der Waals surface area contributed by atoms with Crippen molar-refractivity contribution in [2.75, 3.05) is 6.61 Å². The Balaban J connectivity index is 3.11. The summed E-state index contributed by atoms with van der Waals surface area (Å²) in [5.74, 6) is 0. The second-order valence-electron chi connectivity index (χ2n) is 1.25. The standard InChI is InChI=1S/C3H7F3OSi/c1-8-7-2-3(4,5)6/h2,8H2,1H3. The monoisotopic (exact) mass is 144 g/mol. The van der Waals surface area contributed by atoms with Gasteiger partial charge in [-0.3, -0.25) is 0 Å². The van der Waals surface area contributed by atoms with Crippen molar-refractivity contribution >= 4 is 9.76 Å². The van der Waals surface area contributed by atoms with Crippen LogP contribution >= 0.6 is 0 Å². The van der Waals surface area contributed by atoms with Gasteiger partial charge in [-0.2, -0.15) is 13.2 Å². The van der Waals surface area contributed by atoms with Crippen LogP contribution in [0.1, 0.15) is 0 Å². The molecule has 0 unspecified atom stereocenters. The first-order chi connectivity index (χ1) is 3.56. The van der Waals surface area contributed by atoms with Gasteiger partial charge in [0.2, 0.25) is 0 Å². The molecule has 0 aromatic carbocycles. The molecule has 0 heterocycles. The highest BCUT2D eigenvalue weighted by atomic mass is 28.2. The fourth-order valence-electron chi connectivity index (χ4n) is 0.218. The van der Waals surface area contributed by atoms with Gasteiger partial charge in [-0.05, 0) is 0 Å². The molecule has 50 valence electrons. The second-order valence-corrected chi connectivity index (χ2v) is 2.24. The van der Waals surface area contributed by atoms with Crippen LogP contribution in [0.25, 0.3) is 0 Å². The number of rotatable bonds is 2. The summed E-state index contributed by atoms with van der Waals surface area (Å²) in [5, 5.41) is 0. The molecule has 0 radical (unpaired) electrons. The number of alkyl halides is 3. The quantitative estimate of drug-likeness (QED) is 0.518. The van der Waals surface area contributed by atoms with E-state index in [0.29, 0.717) is 0 Å². The van der Waals surface area contributed by atoms with E-state index in [1.54, 1.807) is 6.55 Å². The van der Waals surface area contributed by atoms with Crippen LogP contribution in [0.4, 0.5) is 13.2 Å². The third kappa shape index (κ3) is 5.97. The van der Waals surface area contributed by atoms with Crippen molar-refractivity contribution in [3.63, 3.8) is 0 Å². The summed E-state index contributed by atoms with van der Waals surface area (Å²) in [6.45, 7) is 0.585. The van der Waals surface area contributed by atoms with E-state index in [1.165, 1.54) is 0 Å². The zero-order valence-corrected chi connectivity index (χ0v) is 5.87. The van der Waals surface area contributed by atoms with Gasteiger partial charge in [0.05, 0.1) is 0 Å². The van der Waals surface area contributed by atoms with Gasteiger partial charge in [0.25, 0.3) is 0 Å². The lowest BCUT2D eigenvalue weighted by Gasteiger charge is -2.03. The molecule has 0 saturated carbocycles. The highest BCUT2D eigenvalue weighted by molar-refractivity contribution is 6.24. The Morgan fingerprint density at radius 3 is 2.12 bits per heavy atom. The van der Waals surface area contributed by atoms with Gasteiger partial charge in [-0.1, -0.05) is 6.55 Å². The minimum Gasteiger partial charge on any atom is -0.415 e. The molecular weight excluding hydrogens is 137 g/mol. The Morgan fingerprint density at radius 1 is 1.50 bits per heavy atom. The Kier molecular flexibility index (Phi) is 3.07. The zero-order chi connectivity index (χ0) is 6.62. The Hall–Kier alpha value is -0.0331. The summed E-state index contributed by atoms with van der Waals surface area (Å²) in [7, 11) is -0.886. The summed E-state index contributed by atoms with van der Waals surface area (Å²) in [6, 6.07) is 0. The second kappa shape index (κ2) is 3.08. The fraction of sp³-hybridized carbons (Fsp3) is 1.00. The molecule has 8 heavy (non-hydrogen) atoms. The lowest BCUT2D eigenvalue weighted by Crippen LogP contribution is -2.17. The molecular formula is C3H7F3OSi. The summed E-state index contributed by atoms with van der Waals surface area (Å²) >= 11 is 0. The van der Waals surface area contributed by atoms with Gasteiger partial charge in [0.1, 0.15) is 6.61 Å². The van der Waals surface area contributed by atoms with E-state index in [1.807, 2.05) is 0 Å². The molecule has 0 saturated heterocycles. The van der Waals surface area contributed by atoms with Gasteiger partial charge >= 0.3 is 6.18 Å². The van der Waals surface area contributed by atoms with Crippen molar-refractivity contribution < 1.29 is 17.6 Å². The van der Waals surface area contributed by atoms with E-state index in [9.17, 15) is 13.2 Å². The van der Waals surface area contributed by atoms with Crippen LogP contribution in [-0.4, -0.2) is 22.5 Å². The Morgan fingerprint density at radius 2 is 2.00 bits per heavy atom. The average molecular weight is 144 g/mol. The number of hydrogen-bond donors (Lipinski definition) is 0. The Labute approximate surface area is 47.8 Å². The first-order valence-corrected chi connectivity index (χ1v) is 4.20. The third-order valence-electron chi connectivity index (χ3n) is 0.470. The van der Waals surface area contributed by atoms with E-state index in [0.717, 1.165) is 0 Å². The highest BCUT2D eigenvalue weighted by Crippen LogP contribution is 2.13. The van der Waals surface area contributed by atoms with E-state index in [2.05, 4.69) is 4.43 Å². The maximum absolute atomic E-state index is 11.1. The summed E-state index contributed by atoms with van der Waals surface area (Å²) in [6.07, 6.45) is -4.14. The van der Waals surface area contributed by atoms with Crippen LogP contribution in [0.2, 0.25) is 6.55 Å². The molecule has 0 aliphatic rings. The molecule has 0 spiro atoms. The van der Waals surface area contributed by atoms with Crippen LogP contribution in [0.15, 0.2) is 0 Å². The third-order valence-corrected chi connectivity index (χ3v) is 1.08. The van der Waals surface area contributed by atoms with Crippen LogP contribution in [0.5, 0.6) is 0 Å². The molecule has 0 rings (SSSR count). The van der Waals surface area contributed by atoms with Crippen molar-refractivity contribution in [2.24, 2.45) is 0 Å². The van der Waals surface area contributed by atoms with Crippen molar-refractivity contribution in [3.05, 3.63) is 0 Å². The van der Waals surface area contributed by atoms with Gasteiger partial charge in [0, 0.05) is 0 Å². The van der Waals surface area contributed by atoms with Crippen molar-refractivity contribution in [2.45, 2.75) is 12.7 Å². The first-order valence-electron chi connectivity index (χ1n) is 2.20. The van der Waals surface area contributed by atoms with Crippen molar-refractivity contribution in [1.82, 2.24) is 0 Å². The zero-order valence-electron chi connectivity index (χ0n) is 4.46. The van der Waals surface area contributed by atoms with Gasteiger partial charge in [0.15, 0.2) is 9.76 Å². The lowest BCUT2D eigenvalue weighted by atomic mass is 10.7. The van der Waals surface area contributed by atoms with E-state index in [4.69, 9.17) is 0 Å². The average Bonchev–Trinajstić information content (AvgIpc) is 1.59. The highest BCUT2D eigenvalue weighted by Gasteiger charge is 2.26. The molecule has 0 fully saturated rings. The summed E-state index contributed by atoms with van der Waals surface area (Å²) in [4.78, 5) is 0. The normalized spacial score (nSPS) is 13.5. The molecule has 0 aliphatic carbocycles. The predicted octanol–water partition coefficient (Wildman–Crippen LogP) is 0.697. The Bertz CT molecular complexity index is 62.0. The van der Waals surface area contributed by atoms with Gasteiger partial charge in [-0.15, -0.1) is 0 Å². The summed E-state index contributed by atoms with van der Waals surface area (Å²) in [5.41, 5.74) is 0. The summed E-state index contributed by atoms with van der Waals surface area (Å²) < 4.78 is 37.6. The SMILES string of the molecule is C[SiH2]OCC(F)(F)F. The van der Waals surface area contributed by atoms with Crippen LogP contribution in [0, 0.1) is 0 Å². The fourth-order valence-corrected chi connectivity index (χ4v) is 0.653. The molecule has 0 aliphatic heterocycles. The van der Waals surface area contributed by atoms with E-state index < -0.39 is 22.5 Å². The van der Waals surface area contributed by atoms with E-state index in [-0.39, 0.29) is 0 Å². The molecule has 5 heteroatoms. The molecule has 0 N–H and O–H groups in total. The van der Waals surface area contributed by atoms with Crippen LogP contribution in [-0.2, 0) is 4.43 Å². The largest absolute Gasteiger partial charge is 0.415 e. The van der Waals surface area contributed by atoms with Crippen molar-refractivity contribution in [3.8, 4) is 0 Å². The first kappa shape index (κ1) is 7.97. The van der Waals surface area contributed by atoms with Gasteiger partial charge < -0.3 is 4.43 Å². The van der Waals surface area contributed by atoms with Crippen molar-refractivity contribution in [1.29, 1.82) is 0 Å². The van der Waals surface area contributed by atoms with E-state index >= 15 is 0 Å². The smallest absolute Gasteiger partial charge is 0.410 e. The molecule has 0 bridgehead atoms. The maximum Gasteiger partial charge on any atom is 0.410 e. The predicted molar refractivity (Wildman–Crippen MR) is 26.4 cm³/mol. The molecule has 0 aromatic rings. The minimum atomic E-state index is -4.14. The topological polar surface area (TPSA) is 9.23 Å². The number of halogens is 3. The molecule has 0 aromatic heterocycles. The maximum atomic E-state index is 11.1. The molecule has 0 atom stereocenters. The number of hydrogen-bond acceptors (Lipinski definition) is 1. The minimum absolute atomic E-state index is 0.886. The van der Waals surface area contributed by atoms with Crippen LogP contribution < -0.4 is 0 Å². The van der Waals surface area contributed by atoms with Gasteiger partial charge in [-0.25, -0.2) is 0 Å². The molecule has 0 amide bonds. The molecule has 1 nitrogen and oxygen atoms in total. The lowest BCUT2D eigenvalue weighted by molar-refractivity contribution is -0.153. The van der Waals surface area contributed by atoms with Crippen LogP contribution in [0.3, 0.4) is 0 Å².